The van der Waals surface area contributed by atoms with Crippen LogP contribution in [0.1, 0.15) is 17.5 Å². The first-order valence-electron chi connectivity index (χ1n) is 4.43. The summed E-state index contributed by atoms with van der Waals surface area (Å²) in [7, 11) is 0. The van der Waals surface area contributed by atoms with Crippen molar-refractivity contribution in [2.24, 2.45) is 0 Å². The smallest absolute Gasteiger partial charge is 0.155 e. The zero-order valence-electron chi connectivity index (χ0n) is 7.92. The van der Waals surface area contributed by atoms with E-state index in [-0.39, 0.29) is 5.78 Å². The third-order valence-electron chi connectivity index (χ3n) is 1.97. The van der Waals surface area contributed by atoms with Crippen LogP contribution >= 0.6 is 0 Å². The third-order valence-corrected chi connectivity index (χ3v) is 1.97. The van der Waals surface area contributed by atoms with Crippen molar-refractivity contribution in [1.29, 1.82) is 0 Å². The zero-order valence-corrected chi connectivity index (χ0v) is 7.92. The first-order chi connectivity index (χ1) is 6.22. The van der Waals surface area contributed by atoms with E-state index in [1.807, 2.05) is 12.1 Å². The number of carbonyl (C=O) groups excluding carboxylic acids is 1. The van der Waals surface area contributed by atoms with Gasteiger partial charge in [0.2, 0.25) is 0 Å². The molecule has 0 aliphatic carbocycles. The van der Waals surface area contributed by atoms with Gasteiger partial charge >= 0.3 is 0 Å². The highest BCUT2D eigenvalue weighted by Crippen LogP contribution is 2.06. The van der Waals surface area contributed by atoms with Crippen molar-refractivity contribution in [3.8, 4) is 0 Å². The standard InChI is InChI=1S/C12H14O/c1-3-12(13)8-7-11-6-4-5-10(2)9-11/h3-6,9H,1,7-8H2,2H3. The molecule has 0 aliphatic heterocycles. The van der Waals surface area contributed by atoms with Crippen LogP contribution in [0.15, 0.2) is 36.9 Å². The van der Waals surface area contributed by atoms with Gasteiger partial charge in [-0.1, -0.05) is 36.4 Å². The first kappa shape index (κ1) is 9.72. The Morgan fingerprint density at radius 3 is 2.92 bits per heavy atom. The van der Waals surface area contributed by atoms with Gasteiger partial charge in [0.25, 0.3) is 0 Å². The van der Waals surface area contributed by atoms with E-state index < -0.39 is 0 Å². The van der Waals surface area contributed by atoms with E-state index in [9.17, 15) is 4.79 Å². The molecule has 0 unspecified atom stereocenters. The Labute approximate surface area is 79.1 Å². The van der Waals surface area contributed by atoms with Gasteiger partial charge in [0.05, 0.1) is 0 Å². The minimum atomic E-state index is 0.113. The molecule has 1 aromatic carbocycles. The fraction of sp³-hybridized carbons (Fsp3) is 0.250. The quantitative estimate of drug-likeness (QED) is 0.641. The van der Waals surface area contributed by atoms with Crippen LogP contribution in [0, 0.1) is 6.92 Å². The SMILES string of the molecule is C=CC(=O)CCc1cccc(C)c1. The van der Waals surface area contributed by atoms with Crippen molar-refractivity contribution in [3.63, 3.8) is 0 Å². The van der Waals surface area contributed by atoms with Crippen molar-refractivity contribution in [2.75, 3.05) is 0 Å². The lowest BCUT2D eigenvalue weighted by atomic mass is 10.1. The average molecular weight is 174 g/mol. The number of allylic oxidation sites excluding steroid dienone is 1. The van der Waals surface area contributed by atoms with Gasteiger partial charge in [-0.15, -0.1) is 0 Å². The van der Waals surface area contributed by atoms with Gasteiger partial charge in [-0.05, 0) is 25.0 Å². The zero-order chi connectivity index (χ0) is 9.68. The van der Waals surface area contributed by atoms with Crippen LogP contribution in [0.5, 0.6) is 0 Å². The van der Waals surface area contributed by atoms with E-state index in [1.165, 1.54) is 17.2 Å². The summed E-state index contributed by atoms with van der Waals surface area (Å²) >= 11 is 0. The van der Waals surface area contributed by atoms with Gasteiger partial charge in [0, 0.05) is 6.42 Å². The number of aryl methyl sites for hydroxylation is 2. The van der Waals surface area contributed by atoms with E-state index in [2.05, 4.69) is 25.6 Å². The molecule has 0 saturated heterocycles. The molecule has 13 heavy (non-hydrogen) atoms. The van der Waals surface area contributed by atoms with E-state index in [0.29, 0.717) is 6.42 Å². The molecule has 68 valence electrons. The second-order valence-electron chi connectivity index (χ2n) is 3.16. The number of carbonyl (C=O) groups is 1. The van der Waals surface area contributed by atoms with E-state index >= 15 is 0 Å². The summed E-state index contributed by atoms with van der Waals surface area (Å²) in [6, 6.07) is 8.22. The summed E-state index contributed by atoms with van der Waals surface area (Å²) in [5.41, 5.74) is 2.46. The minimum absolute atomic E-state index is 0.113. The monoisotopic (exact) mass is 174 g/mol. The third kappa shape index (κ3) is 3.24. The van der Waals surface area contributed by atoms with E-state index in [4.69, 9.17) is 0 Å². The van der Waals surface area contributed by atoms with Crippen molar-refractivity contribution in [3.05, 3.63) is 48.0 Å². The van der Waals surface area contributed by atoms with Crippen LogP contribution in [-0.2, 0) is 11.2 Å². The Morgan fingerprint density at radius 1 is 1.54 bits per heavy atom. The Kier molecular flexibility index (Phi) is 3.44. The van der Waals surface area contributed by atoms with Crippen LogP contribution in [0.2, 0.25) is 0 Å². The predicted octanol–water partition coefficient (Wildman–Crippen LogP) is 2.68. The Morgan fingerprint density at radius 2 is 2.31 bits per heavy atom. The Balaban J connectivity index is 2.54. The van der Waals surface area contributed by atoms with Crippen molar-refractivity contribution in [1.82, 2.24) is 0 Å². The molecule has 1 rings (SSSR count). The van der Waals surface area contributed by atoms with Gasteiger partial charge in [0.15, 0.2) is 5.78 Å². The van der Waals surface area contributed by atoms with Crippen molar-refractivity contribution >= 4 is 5.78 Å². The lowest BCUT2D eigenvalue weighted by molar-refractivity contribution is -0.114. The fourth-order valence-corrected chi connectivity index (χ4v) is 1.24. The van der Waals surface area contributed by atoms with Gasteiger partial charge in [-0.2, -0.15) is 0 Å². The second-order valence-corrected chi connectivity index (χ2v) is 3.16. The average Bonchev–Trinajstić information content (AvgIpc) is 2.14. The second kappa shape index (κ2) is 4.61. The molecule has 0 aromatic heterocycles. The molecule has 0 bridgehead atoms. The number of hydrogen-bond acceptors (Lipinski definition) is 1. The molecule has 0 fully saturated rings. The van der Waals surface area contributed by atoms with E-state index in [1.54, 1.807) is 0 Å². The maximum absolute atomic E-state index is 11.0. The number of ketones is 1. The molecule has 0 spiro atoms. The van der Waals surface area contributed by atoms with Crippen molar-refractivity contribution < 1.29 is 4.79 Å². The topological polar surface area (TPSA) is 17.1 Å². The van der Waals surface area contributed by atoms with Gasteiger partial charge < -0.3 is 0 Å². The molecular weight excluding hydrogens is 160 g/mol. The maximum Gasteiger partial charge on any atom is 0.155 e. The lowest BCUT2D eigenvalue weighted by Gasteiger charge is -1.99. The normalized spacial score (nSPS) is 9.62. The van der Waals surface area contributed by atoms with Gasteiger partial charge in [0.1, 0.15) is 0 Å². The molecule has 1 heteroatoms. The summed E-state index contributed by atoms with van der Waals surface area (Å²) in [5.74, 6) is 0.113. The van der Waals surface area contributed by atoms with Gasteiger partial charge in [-0.25, -0.2) is 0 Å². The van der Waals surface area contributed by atoms with Crippen LogP contribution in [0.3, 0.4) is 0 Å². The first-order valence-corrected chi connectivity index (χ1v) is 4.43. The molecule has 1 aromatic rings. The summed E-state index contributed by atoms with van der Waals surface area (Å²) in [6.45, 7) is 5.50. The molecule has 0 heterocycles. The summed E-state index contributed by atoms with van der Waals surface area (Å²) in [6.07, 6.45) is 2.76. The van der Waals surface area contributed by atoms with Crippen LogP contribution in [-0.4, -0.2) is 5.78 Å². The molecule has 0 saturated carbocycles. The predicted molar refractivity (Wildman–Crippen MR) is 54.7 cm³/mol. The van der Waals surface area contributed by atoms with Crippen LogP contribution in [0.4, 0.5) is 0 Å². The summed E-state index contributed by atoms with van der Waals surface area (Å²) in [4.78, 5) is 11.0. The Hall–Kier alpha value is -1.37. The van der Waals surface area contributed by atoms with Crippen LogP contribution in [0.25, 0.3) is 0 Å². The minimum Gasteiger partial charge on any atom is -0.295 e. The molecule has 0 amide bonds. The molecule has 1 nitrogen and oxygen atoms in total. The Bertz CT molecular complexity index is 313. The molecule has 0 aliphatic rings. The highest BCUT2D eigenvalue weighted by Gasteiger charge is 1.97. The maximum atomic E-state index is 11.0. The fourth-order valence-electron chi connectivity index (χ4n) is 1.24. The number of hydrogen-bond donors (Lipinski definition) is 0. The largest absolute Gasteiger partial charge is 0.295 e. The molecule has 0 radical (unpaired) electrons. The van der Waals surface area contributed by atoms with Gasteiger partial charge in [-0.3, -0.25) is 4.79 Å². The highest BCUT2D eigenvalue weighted by atomic mass is 16.1. The molecular formula is C12H14O. The summed E-state index contributed by atoms with van der Waals surface area (Å²) < 4.78 is 0. The number of benzene rings is 1. The summed E-state index contributed by atoms with van der Waals surface area (Å²) in [5, 5.41) is 0. The van der Waals surface area contributed by atoms with Crippen LogP contribution < -0.4 is 0 Å². The lowest BCUT2D eigenvalue weighted by Crippen LogP contribution is -1.95. The highest BCUT2D eigenvalue weighted by molar-refractivity contribution is 5.89. The molecule has 0 atom stereocenters. The van der Waals surface area contributed by atoms with E-state index in [0.717, 1.165) is 6.42 Å². The van der Waals surface area contributed by atoms with Crippen molar-refractivity contribution in [2.45, 2.75) is 19.8 Å². The number of rotatable bonds is 4. The molecule has 0 N–H and O–H groups in total.